The number of likely N-dealkylation sites (N-methyl/N-ethyl adjacent to an activating group) is 1. The Morgan fingerprint density at radius 2 is 1.75 bits per heavy atom. The highest BCUT2D eigenvalue weighted by molar-refractivity contribution is 5.88. The first kappa shape index (κ1) is 41.9. The number of carbonyl (C=O) groups is 3. The third kappa shape index (κ3) is 9.07. The Kier molecular flexibility index (Phi) is 14.1. The molecule has 1 aromatic carbocycles. The Morgan fingerprint density at radius 3 is 2.37 bits per heavy atom. The van der Waals surface area contributed by atoms with E-state index in [2.05, 4.69) is 17.6 Å². The number of aliphatic hydroxyl groups is 1. The summed E-state index contributed by atoms with van der Waals surface area (Å²) in [5.74, 6) is -2.36. The smallest absolute Gasteiger partial charge is 0.425 e. The highest BCUT2D eigenvalue weighted by Gasteiger charge is 2.60. The van der Waals surface area contributed by atoms with Crippen LogP contribution >= 0.6 is 0 Å². The number of methoxy groups -OCH3 is 1. The molecule has 52 heavy (non-hydrogen) atoms. The van der Waals surface area contributed by atoms with Crippen LogP contribution in [0.15, 0.2) is 42.0 Å². The summed E-state index contributed by atoms with van der Waals surface area (Å²) < 4.78 is 31.4. The first-order valence-electron chi connectivity index (χ1n) is 18.9. The van der Waals surface area contributed by atoms with Crippen molar-refractivity contribution in [3.05, 3.63) is 47.5 Å². The van der Waals surface area contributed by atoms with Gasteiger partial charge >= 0.3 is 12.1 Å². The van der Waals surface area contributed by atoms with E-state index >= 15 is 0 Å². The molecule has 12 heteroatoms. The molecule has 0 aromatic heterocycles. The van der Waals surface area contributed by atoms with Crippen molar-refractivity contribution in [3.63, 3.8) is 0 Å². The number of hydrogen-bond donors (Lipinski definition) is 2. The topological polar surface area (TPSA) is 136 Å². The Morgan fingerprint density at radius 1 is 1.08 bits per heavy atom. The number of aliphatic hydroxyl groups excluding tert-OH is 1. The molecule has 4 rings (SSSR count). The number of ketones is 1. The maximum Gasteiger partial charge on any atom is 0.425 e. The van der Waals surface area contributed by atoms with Crippen molar-refractivity contribution < 1.29 is 43.2 Å². The van der Waals surface area contributed by atoms with Crippen molar-refractivity contribution in [1.29, 1.82) is 0 Å². The van der Waals surface area contributed by atoms with Gasteiger partial charge in [0.1, 0.15) is 24.0 Å². The van der Waals surface area contributed by atoms with Crippen LogP contribution in [0.2, 0.25) is 0 Å². The summed E-state index contributed by atoms with van der Waals surface area (Å²) in [6, 6.07) is 9.11. The lowest BCUT2D eigenvalue weighted by Gasteiger charge is -2.46. The second-order valence-electron chi connectivity index (χ2n) is 15.8. The summed E-state index contributed by atoms with van der Waals surface area (Å²) in [4.78, 5) is 44.0. The van der Waals surface area contributed by atoms with Crippen LogP contribution in [-0.4, -0.2) is 115 Å². The number of esters is 1. The Balaban J connectivity index is 1.70. The zero-order valence-electron chi connectivity index (χ0n) is 33.1. The maximum absolute atomic E-state index is 14.6. The molecule has 3 aliphatic rings. The number of benzene rings is 1. The van der Waals surface area contributed by atoms with Gasteiger partial charge in [-0.1, -0.05) is 64.1 Å². The van der Waals surface area contributed by atoms with Crippen molar-refractivity contribution in [3.8, 4) is 0 Å². The number of aryl methyl sites for hydroxylation is 1. The van der Waals surface area contributed by atoms with Gasteiger partial charge in [-0.3, -0.25) is 4.79 Å². The first-order valence-corrected chi connectivity index (χ1v) is 18.9. The molecule has 0 unspecified atom stereocenters. The summed E-state index contributed by atoms with van der Waals surface area (Å²) in [6.45, 7) is 15.2. The summed E-state index contributed by atoms with van der Waals surface area (Å²) >= 11 is 0. The average Bonchev–Trinajstić information content (AvgIpc) is 3.36. The summed E-state index contributed by atoms with van der Waals surface area (Å²) in [6.07, 6.45) is 0.259. The van der Waals surface area contributed by atoms with E-state index < -0.39 is 71.7 Å². The number of rotatable bonds is 10. The van der Waals surface area contributed by atoms with Gasteiger partial charge in [-0.15, -0.1) is 0 Å². The zero-order valence-corrected chi connectivity index (χ0v) is 33.1. The molecular formula is C40H63N3O9. The highest BCUT2D eigenvalue weighted by Crippen LogP contribution is 2.42. The van der Waals surface area contributed by atoms with E-state index in [1.165, 1.54) is 10.6 Å². The van der Waals surface area contributed by atoms with Crippen LogP contribution in [0.5, 0.6) is 0 Å². The fourth-order valence-corrected chi connectivity index (χ4v) is 8.57. The van der Waals surface area contributed by atoms with E-state index in [0.29, 0.717) is 25.0 Å². The summed E-state index contributed by atoms with van der Waals surface area (Å²) in [7, 11) is 5.41. The molecule has 0 bridgehead atoms. The van der Waals surface area contributed by atoms with Gasteiger partial charge in [0.2, 0.25) is 0 Å². The number of carbonyl (C=O) groups excluding carboxylic acids is 3. The first-order chi connectivity index (χ1) is 24.5. The number of cyclic esters (lactones) is 1. The number of amides is 1. The van der Waals surface area contributed by atoms with Gasteiger partial charge in [0.25, 0.3) is 0 Å². The van der Waals surface area contributed by atoms with Crippen LogP contribution in [0.1, 0.15) is 86.6 Å². The van der Waals surface area contributed by atoms with Crippen molar-refractivity contribution in [2.45, 2.75) is 141 Å². The third-order valence-electron chi connectivity index (χ3n) is 11.5. The lowest BCUT2D eigenvalue weighted by Crippen LogP contribution is -2.60. The molecule has 2 fully saturated rings. The van der Waals surface area contributed by atoms with Gasteiger partial charge < -0.3 is 33.7 Å². The molecule has 1 aromatic rings. The number of Topliss-reactive ketones (excluding diaryl/α,β-unsaturated/α-hetero) is 1. The second-order valence-corrected chi connectivity index (χ2v) is 15.8. The van der Waals surface area contributed by atoms with Gasteiger partial charge in [0.05, 0.1) is 17.8 Å². The molecule has 3 aliphatic heterocycles. The van der Waals surface area contributed by atoms with Crippen LogP contribution in [-0.2, 0) is 39.7 Å². The van der Waals surface area contributed by atoms with Crippen LogP contribution < -0.4 is 5.43 Å². The third-order valence-corrected chi connectivity index (χ3v) is 11.5. The van der Waals surface area contributed by atoms with E-state index in [1.54, 1.807) is 27.0 Å². The molecule has 1 amide bonds. The standard InChI is InChI=1S/C40H63N3O9/c1-12-31-40(8)34(43(38(47)52-40)41-20-16-19-29-17-14-13-15-18-29)28(6)32(44)26(4)23-39(7,48-11)35(24(2)21-25(3)36(46)50-31)51-37-33(45)30(42(9)10)22-27(5)49-37/h13-15,17-18,21,24,26-28,30-31,33-35,37,41,45H,12,16,19-20,22-23H2,1-11H3/b25-21+/t24-,26+,27+,28-,30-,31+,33+,34+,35+,37-,39+,40+/m0/s1. The largest absolute Gasteiger partial charge is 0.455 e. The minimum atomic E-state index is -1.33. The zero-order chi connectivity index (χ0) is 38.5. The molecule has 2 N–H and O–H groups in total. The number of nitrogens with zero attached hydrogens (tertiary/aromatic N) is 2. The Hall–Kier alpha value is -2.87. The second kappa shape index (κ2) is 17.5. The molecular weight excluding hydrogens is 666 g/mol. The van der Waals surface area contributed by atoms with E-state index in [9.17, 15) is 19.5 Å². The molecule has 0 radical (unpaired) electrons. The molecule has 3 heterocycles. The maximum atomic E-state index is 14.6. The SMILES string of the molecule is CC[C@H]1OC(=O)/C(C)=C/[C@H](C)[C@@H](O[C@@H]2O[C@H](C)C[C@H](N(C)C)[C@H]2O)[C@](C)(OC)C[C@@H](C)C(=O)[C@H](C)[C@H]2N(NCCCc3ccccc3)C(=O)O[C@]12C. The number of hydrazine groups is 1. The van der Waals surface area contributed by atoms with Crippen molar-refractivity contribution >= 4 is 17.8 Å². The minimum absolute atomic E-state index is 0.0968. The molecule has 12 atom stereocenters. The minimum Gasteiger partial charge on any atom is -0.455 e. The van der Waals surface area contributed by atoms with Crippen LogP contribution in [0.4, 0.5) is 4.79 Å². The molecule has 292 valence electrons. The Bertz CT molecular complexity index is 1410. The number of ether oxygens (including phenoxy) is 5. The van der Waals surface area contributed by atoms with Gasteiger partial charge in [0, 0.05) is 43.0 Å². The van der Waals surface area contributed by atoms with E-state index in [-0.39, 0.29) is 24.3 Å². The molecule has 0 saturated carbocycles. The molecule has 2 saturated heterocycles. The predicted molar refractivity (Wildman–Crippen MR) is 197 cm³/mol. The fourth-order valence-electron chi connectivity index (χ4n) is 8.57. The van der Waals surface area contributed by atoms with Crippen molar-refractivity contribution in [2.24, 2.45) is 17.8 Å². The quantitative estimate of drug-likeness (QED) is 0.247. The summed E-state index contributed by atoms with van der Waals surface area (Å²) in [5.41, 5.74) is 2.40. The van der Waals surface area contributed by atoms with Crippen molar-refractivity contribution in [2.75, 3.05) is 27.7 Å². The van der Waals surface area contributed by atoms with Crippen LogP contribution in [0.25, 0.3) is 0 Å². The number of hydrogen-bond acceptors (Lipinski definition) is 11. The van der Waals surface area contributed by atoms with E-state index in [1.807, 2.05) is 78.7 Å². The van der Waals surface area contributed by atoms with Gasteiger partial charge in [-0.2, -0.15) is 0 Å². The number of nitrogens with one attached hydrogen (secondary N) is 1. The van der Waals surface area contributed by atoms with E-state index in [4.69, 9.17) is 23.7 Å². The molecule has 0 aliphatic carbocycles. The lowest BCUT2D eigenvalue weighted by molar-refractivity contribution is -0.294. The fraction of sp³-hybridized carbons (Fsp3) is 0.725. The number of fused-ring (bicyclic) bond motifs is 1. The van der Waals surface area contributed by atoms with Gasteiger partial charge in [-0.25, -0.2) is 20.0 Å². The summed E-state index contributed by atoms with van der Waals surface area (Å²) in [5, 5.41) is 12.8. The van der Waals surface area contributed by atoms with Gasteiger partial charge in [-0.05, 0) is 79.5 Å². The van der Waals surface area contributed by atoms with Crippen molar-refractivity contribution in [1.82, 2.24) is 15.3 Å². The van der Waals surface area contributed by atoms with Gasteiger partial charge in [0.15, 0.2) is 11.9 Å². The highest BCUT2D eigenvalue weighted by atomic mass is 16.7. The Labute approximate surface area is 310 Å². The average molecular weight is 730 g/mol. The predicted octanol–water partition coefficient (Wildman–Crippen LogP) is 5.07. The van der Waals surface area contributed by atoms with Crippen LogP contribution in [0.3, 0.4) is 0 Å². The lowest BCUT2D eigenvalue weighted by atomic mass is 9.74. The van der Waals surface area contributed by atoms with E-state index in [0.717, 1.165) is 12.8 Å². The monoisotopic (exact) mass is 729 g/mol. The molecule has 0 spiro atoms. The normalized spacial score (nSPS) is 39.0. The van der Waals surface area contributed by atoms with Crippen LogP contribution in [0, 0.1) is 17.8 Å². The molecule has 12 nitrogen and oxygen atoms in total.